The van der Waals surface area contributed by atoms with Gasteiger partial charge in [-0.05, 0) is 5.56 Å². The highest BCUT2D eigenvalue weighted by Crippen LogP contribution is 2.21. The van der Waals surface area contributed by atoms with Crippen LogP contribution < -0.4 is 4.90 Å². The Kier molecular flexibility index (Phi) is 5.19. The summed E-state index contributed by atoms with van der Waals surface area (Å²) in [6.45, 7) is 2.85. The fourth-order valence-corrected chi connectivity index (χ4v) is 4.05. The van der Waals surface area contributed by atoms with Gasteiger partial charge in [0.05, 0.1) is 5.75 Å². The Balaban J connectivity index is 1.31. The highest BCUT2D eigenvalue weighted by atomic mass is 32.2. The first-order chi connectivity index (χ1) is 13.2. The van der Waals surface area contributed by atoms with Gasteiger partial charge in [-0.25, -0.2) is 14.6 Å². The maximum atomic E-state index is 12.5. The van der Waals surface area contributed by atoms with E-state index >= 15 is 0 Å². The third-order valence-electron chi connectivity index (χ3n) is 4.64. The van der Waals surface area contributed by atoms with Crippen LogP contribution in [0, 0.1) is 0 Å². The summed E-state index contributed by atoms with van der Waals surface area (Å²) in [5.74, 6) is 2.36. The van der Waals surface area contributed by atoms with Gasteiger partial charge in [0.2, 0.25) is 5.91 Å². The van der Waals surface area contributed by atoms with Crippen molar-refractivity contribution < 1.29 is 4.79 Å². The van der Waals surface area contributed by atoms with Gasteiger partial charge in [0.1, 0.15) is 6.33 Å². The number of aryl methyl sites for hydroxylation is 1. The van der Waals surface area contributed by atoms with Crippen molar-refractivity contribution in [1.29, 1.82) is 0 Å². The fraction of sp³-hybridized carbons (Fsp3) is 0.389. The lowest BCUT2D eigenvalue weighted by Crippen LogP contribution is -2.49. The number of thioether (sulfide) groups is 1. The summed E-state index contributed by atoms with van der Waals surface area (Å²) in [7, 11) is 1.82. The summed E-state index contributed by atoms with van der Waals surface area (Å²) in [6.07, 6.45) is 1.54. The molecule has 1 amide bonds. The Morgan fingerprint density at radius 2 is 1.89 bits per heavy atom. The van der Waals surface area contributed by atoms with Crippen LogP contribution in [0.1, 0.15) is 5.56 Å². The second kappa shape index (κ2) is 7.91. The Morgan fingerprint density at radius 1 is 1.11 bits per heavy atom. The molecule has 0 aliphatic carbocycles. The predicted octanol–water partition coefficient (Wildman–Crippen LogP) is 1.34. The lowest BCUT2D eigenvalue weighted by atomic mass is 10.2. The average molecular weight is 383 g/mol. The minimum atomic E-state index is 0.197. The maximum Gasteiger partial charge on any atom is 0.232 e. The first-order valence-corrected chi connectivity index (χ1v) is 10.0. The van der Waals surface area contributed by atoms with E-state index in [4.69, 9.17) is 0 Å². The summed E-state index contributed by atoms with van der Waals surface area (Å²) in [5.41, 5.74) is 2.67. The van der Waals surface area contributed by atoms with E-state index in [0.29, 0.717) is 24.4 Å². The number of amides is 1. The van der Waals surface area contributed by atoms with E-state index in [-0.39, 0.29) is 5.91 Å². The van der Waals surface area contributed by atoms with Gasteiger partial charge in [-0.3, -0.25) is 4.79 Å². The van der Waals surface area contributed by atoms with Crippen molar-refractivity contribution in [2.75, 3.05) is 36.8 Å². The second-order valence-electron chi connectivity index (χ2n) is 6.43. The molecule has 0 unspecified atom stereocenters. The minimum absolute atomic E-state index is 0.197. The lowest BCUT2D eigenvalue weighted by Gasteiger charge is -2.35. The number of piperazine rings is 1. The van der Waals surface area contributed by atoms with Crippen LogP contribution in [0.2, 0.25) is 0 Å². The number of rotatable bonds is 5. The highest BCUT2D eigenvalue weighted by Gasteiger charge is 2.24. The number of carbonyl (C=O) groups is 1. The highest BCUT2D eigenvalue weighted by molar-refractivity contribution is 7.99. The molecule has 1 fully saturated rings. The molecule has 1 aromatic carbocycles. The van der Waals surface area contributed by atoms with Gasteiger partial charge in [-0.15, -0.1) is 16.9 Å². The van der Waals surface area contributed by atoms with Gasteiger partial charge in [0, 0.05) is 39.0 Å². The molecule has 3 aromatic rings. The van der Waals surface area contributed by atoms with Crippen molar-refractivity contribution in [2.24, 2.45) is 7.05 Å². The lowest BCUT2D eigenvalue weighted by molar-refractivity contribution is -0.128. The molecular weight excluding hydrogens is 362 g/mol. The molecule has 1 aliphatic rings. The molecule has 4 rings (SSSR count). The van der Waals surface area contributed by atoms with E-state index in [1.807, 2.05) is 30.1 Å². The summed E-state index contributed by atoms with van der Waals surface area (Å²) in [4.78, 5) is 25.2. The first-order valence-electron chi connectivity index (χ1n) is 8.87. The van der Waals surface area contributed by atoms with Crippen molar-refractivity contribution >= 4 is 34.7 Å². The van der Waals surface area contributed by atoms with E-state index in [1.54, 1.807) is 22.8 Å². The van der Waals surface area contributed by atoms with Crippen LogP contribution in [0.25, 0.3) is 11.2 Å². The smallest absolute Gasteiger partial charge is 0.232 e. The van der Waals surface area contributed by atoms with Crippen molar-refractivity contribution in [3.8, 4) is 0 Å². The predicted molar refractivity (Wildman–Crippen MR) is 105 cm³/mol. The van der Waals surface area contributed by atoms with E-state index in [0.717, 1.165) is 30.3 Å². The molecule has 1 saturated heterocycles. The second-order valence-corrected chi connectivity index (χ2v) is 7.41. The largest absolute Gasteiger partial charge is 0.351 e. The third kappa shape index (κ3) is 3.87. The van der Waals surface area contributed by atoms with Gasteiger partial charge in [0.15, 0.2) is 17.0 Å². The normalized spacial score (nSPS) is 14.7. The fourth-order valence-electron chi connectivity index (χ4n) is 3.16. The molecule has 140 valence electrons. The van der Waals surface area contributed by atoms with Crippen LogP contribution in [-0.4, -0.2) is 67.7 Å². The molecule has 3 heterocycles. The zero-order chi connectivity index (χ0) is 18.6. The molecule has 0 saturated carbocycles. The number of aromatic nitrogens is 5. The average Bonchev–Trinajstić information content (AvgIpc) is 3.10. The molecule has 2 aromatic heterocycles. The van der Waals surface area contributed by atoms with Crippen LogP contribution in [0.15, 0.2) is 36.7 Å². The Labute approximate surface area is 161 Å². The third-order valence-corrected chi connectivity index (χ3v) is 5.63. The molecule has 9 heteroatoms. The topological polar surface area (TPSA) is 80.0 Å². The van der Waals surface area contributed by atoms with Gasteiger partial charge in [-0.1, -0.05) is 35.5 Å². The number of hydrogen-bond acceptors (Lipinski definition) is 7. The standard InChI is InChI=1S/C18H21N7OS/c1-23-17-16(21-22-23)18(20-13-19-17)25-9-7-24(8-10-25)15(26)12-27-11-14-5-3-2-4-6-14/h2-6,13H,7-12H2,1H3. The van der Waals surface area contributed by atoms with Crippen molar-refractivity contribution in [3.63, 3.8) is 0 Å². The number of nitrogens with zero attached hydrogens (tertiary/aromatic N) is 7. The number of fused-ring (bicyclic) bond motifs is 1. The van der Waals surface area contributed by atoms with Gasteiger partial charge >= 0.3 is 0 Å². The van der Waals surface area contributed by atoms with Crippen LogP contribution in [0.4, 0.5) is 5.82 Å². The monoisotopic (exact) mass is 383 g/mol. The van der Waals surface area contributed by atoms with E-state index < -0.39 is 0 Å². The SMILES string of the molecule is Cn1nnc2c(N3CCN(C(=O)CSCc4ccccc4)CC3)ncnc21. The molecule has 1 aliphatic heterocycles. The summed E-state index contributed by atoms with van der Waals surface area (Å²) in [6, 6.07) is 10.2. The van der Waals surface area contributed by atoms with Crippen molar-refractivity contribution in [3.05, 3.63) is 42.2 Å². The number of benzene rings is 1. The van der Waals surface area contributed by atoms with Crippen LogP contribution in [0.5, 0.6) is 0 Å². The van der Waals surface area contributed by atoms with Crippen molar-refractivity contribution in [2.45, 2.75) is 5.75 Å². The molecule has 8 nitrogen and oxygen atoms in total. The van der Waals surface area contributed by atoms with Crippen LogP contribution >= 0.6 is 11.8 Å². The van der Waals surface area contributed by atoms with Gasteiger partial charge in [-0.2, -0.15) is 0 Å². The van der Waals surface area contributed by atoms with Gasteiger partial charge < -0.3 is 9.80 Å². The maximum absolute atomic E-state index is 12.5. The molecular formula is C18H21N7OS. The first kappa shape index (κ1) is 17.7. The Bertz CT molecular complexity index is 922. The van der Waals surface area contributed by atoms with E-state index in [1.165, 1.54) is 5.56 Å². The molecule has 27 heavy (non-hydrogen) atoms. The summed E-state index contributed by atoms with van der Waals surface area (Å²) in [5, 5.41) is 8.20. The van der Waals surface area contributed by atoms with Gasteiger partial charge in [0.25, 0.3) is 0 Å². The molecule has 0 atom stereocenters. The molecule has 0 radical (unpaired) electrons. The van der Waals surface area contributed by atoms with E-state index in [9.17, 15) is 4.79 Å². The minimum Gasteiger partial charge on any atom is -0.351 e. The quantitative estimate of drug-likeness (QED) is 0.658. The molecule has 0 N–H and O–H groups in total. The van der Waals surface area contributed by atoms with Crippen molar-refractivity contribution in [1.82, 2.24) is 29.9 Å². The number of carbonyl (C=O) groups excluding carboxylic acids is 1. The number of anilines is 1. The zero-order valence-corrected chi connectivity index (χ0v) is 16.0. The summed E-state index contributed by atoms with van der Waals surface area (Å²) >= 11 is 1.66. The summed E-state index contributed by atoms with van der Waals surface area (Å²) < 4.78 is 1.64. The van der Waals surface area contributed by atoms with Crippen LogP contribution in [-0.2, 0) is 17.6 Å². The molecule has 0 bridgehead atoms. The number of hydrogen-bond donors (Lipinski definition) is 0. The Morgan fingerprint density at radius 3 is 2.67 bits per heavy atom. The zero-order valence-electron chi connectivity index (χ0n) is 15.2. The Hall–Kier alpha value is -2.68. The van der Waals surface area contributed by atoms with E-state index in [2.05, 4.69) is 37.3 Å². The van der Waals surface area contributed by atoms with Crippen LogP contribution in [0.3, 0.4) is 0 Å². The molecule has 0 spiro atoms.